The van der Waals surface area contributed by atoms with Gasteiger partial charge in [-0.3, -0.25) is 0 Å². The summed E-state index contributed by atoms with van der Waals surface area (Å²) in [6.07, 6.45) is 5.06. The fraction of sp³-hybridized carbons (Fsp3) is 0.545. The minimum Gasteiger partial charge on any atom is -0.351 e. The maximum Gasteiger partial charge on any atom is 0.196 e. The molecule has 1 fully saturated rings. The van der Waals surface area contributed by atoms with E-state index in [1.54, 1.807) is 11.3 Å². The number of hydrogen-bond acceptors (Lipinski definition) is 4. The standard InChI is InChI=1S/C11H14ClN3S/c12-7-5-16-6-10(7)15-11-13-8-3-1-2-4-9(8)14-11/h5-6,8-9H,1-4H2,(H2,13,14,15)/t8-,9-/m1/s1. The van der Waals surface area contributed by atoms with Gasteiger partial charge in [0.25, 0.3) is 0 Å². The Morgan fingerprint density at radius 1 is 1.38 bits per heavy atom. The second-order valence-electron chi connectivity index (χ2n) is 4.34. The van der Waals surface area contributed by atoms with Crippen molar-refractivity contribution in [2.75, 3.05) is 5.32 Å². The molecule has 86 valence electrons. The fourth-order valence-corrected chi connectivity index (χ4v) is 3.34. The van der Waals surface area contributed by atoms with Crippen LogP contribution in [-0.2, 0) is 0 Å². The Labute approximate surface area is 104 Å². The van der Waals surface area contributed by atoms with Gasteiger partial charge in [-0.1, -0.05) is 24.4 Å². The number of fused-ring (bicyclic) bond motifs is 1. The Kier molecular flexibility index (Phi) is 2.77. The van der Waals surface area contributed by atoms with Gasteiger partial charge in [0.1, 0.15) is 0 Å². The number of thiophene rings is 1. The van der Waals surface area contributed by atoms with Gasteiger partial charge in [-0.25, -0.2) is 4.99 Å². The predicted molar refractivity (Wildman–Crippen MR) is 69.6 cm³/mol. The van der Waals surface area contributed by atoms with Gasteiger partial charge in [-0.05, 0) is 12.8 Å². The Morgan fingerprint density at radius 3 is 3.00 bits per heavy atom. The highest BCUT2D eigenvalue weighted by Gasteiger charge is 2.30. The third-order valence-corrected chi connectivity index (χ3v) is 4.40. The summed E-state index contributed by atoms with van der Waals surface area (Å²) in [6.45, 7) is 0. The molecule has 2 N–H and O–H groups in total. The Hall–Kier alpha value is -0.740. The zero-order chi connectivity index (χ0) is 11.0. The van der Waals surface area contributed by atoms with E-state index in [9.17, 15) is 0 Å². The van der Waals surface area contributed by atoms with Crippen molar-refractivity contribution in [3.05, 3.63) is 15.8 Å². The molecule has 0 radical (unpaired) electrons. The highest BCUT2D eigenvalue weighted by Crippen LogP contribution is 2.28. The van der Waals surface area contributed by atoms with Gasteiger partial charge >= 0.3 is 0 Å². The lowest BCUT2D eigenvalue weighted by Crippen LogP contribution is -2.38. The van der Waals surface area contributed by atoms with Gasteiger partial charge in [0.2, 0.25) is 0 Å². The number of rotatable bonds is 1. The minimum absolute atomic E-state index is 0.466. The van der Waals surface area contributed by atoms with Crippen molar-refractivity contribution in [2.45, 2.75) is 37.8 Å². The van der Waals surface area contributed by atoms with Gasteiger partial charge in [0.15, 0.2) is 5.96 Å². The lowest BCUT2D eigenvalue weighted by atomic mass is 9.92. The largest absolute Gasteiger partial charge is 0.351 e. The molecule has 1 aliphatic carbocycles. The molecule has 0 saturated heterocycles. The van der Waals surface area contributed by atoms with Gasteiger partial charge in [0, 0.05) is 10.8 Å². The van der Waals surface area contributed by atoms with Crippen LogP contribution in [-0.4, -0.2) is 18.0 Å². The molecule has 2 aliphatic rings. The van der Waals surface area contributed by atoms with Crippen LogP contribution >= 0.6 is 22.9 Å². The van der Waals surface area contributed by atoms with Gasteiger partial charge in [0.05, 0.1) is 22.8 Å². The third kappa shape index (κ3) is 1.92. The third-order valence-electron chi connectivity index (χ3n) is 3.21. The van der Waals surface area contributed by atoms with E-state index in [-0.39, 0.29) is 0 Å². The summed E-state index contributed by atoms with van der Waals surface area (Å²) in [5.41, 5.74) is 0.955. The first kappa shape index (κ1) is 10.4. The van der Waals surface area contributed by atoms with Crippen LogP contribution in [0.1, 0.15) is 25.7 Å². The van der Waals surface area contributed by atoms with Crippen LogP contribution in [0.2, 0.25) is 5.02 Å². The summed E-state index contributed by atoms with van der Waals surface area (Å²) >= 11 is 7.63. The zero-order valence-corrected chi connectivity index (χ0v) is 10.4. The molecule has 16 heavy (non-hydrogen) atoms. The molecule has 0 bridgehead atoms. The average molecular weight is 256 g/mol. The molecule has 0 unspecified atom stereocenters. The monoisotopic (exact) mass is 255 g/mol. The molecular weight excluding hydrogens is 242 g/mol. The minimum atomic E-state index is 0.466. The Balaban J connectivity index is 1.71. The number of guanidine groups is 1. The van der Waals surface area contributed by atoms with Crippen molar-refractivity contribution in [1.29, 1.82) is 0 Å². The first-order valence-electron chi connectivity index (χ1n) is 5.66. The van der Waals surface area contributed by atoms with Crippen molar-refractivity contribution in [3.8, 4) is 0 Å². The van der Waals surface area contributed by atoms with Crippen molar-refractivity contribution in [3.63, 3.8) is 0 Å². The molecule has 0 aromatic carbocycles. The second-order valence-corrected chi connectivity index (χ2v) is 5.49. The van der Waals surface area contributed by atoms with Crippen LogP contribution in [0.15, 0.2) is 15.8 Å². The normalized spacial score (nSPS) is 28.2. The maximum absolute atomic E-state index is 6.04. The summed E-state index contributed by atoms with van der Waals surface area (Å²) in [4.78, 5) is 4.67. The quantitative estimate of drug-likeness (QED) is 0.809. The molecule has 1 aliphatic heterocycles. The van der Waals surface area contributed by atoms with Crippen LogP contribution in [0, 0.1) is 0 Å². The summed E-state index contributed by atoms with van der Waals surface area (Å²) in [6, 6.07) is 1.00. The van der Waals surface area contributed by atoms with E-state index < -0.39 is 0 Å². The molecule has 3 rings (SSSR count). The summed E-state index contributed by atoms with van der Waals surface area (Å²) in [5.74, 6) is 0.886. The highest BCUT2D eigenvalue weighted by molar-refractivity contribution is 7.09. The molecule has 1 aromatic rings. The summed E-state index contributed by atoms with van der Waals surface area (Å²) in [7, 11) is 0. The van der Waals surface area contributed by atoms with E-state index in [0.29, 0.717) is 12.1 Å². The van der Waals surface area contributed by atoms with Crippen molar-refractivity contribution in [2.24, 2.45) is 4.99 Å². The van der Waals surface area contributed by atoms with Crippen molar-refractivity contribution < 1.29 is 0 Å². The van der Waals surface area contributed by atoms with E-state index in [1.807, 2.05) is 10.8 Å². The van der Waals surface area contributed by atoms with Crippen LogP contribution in [0.4, 0.5) is 5.69 Å². The first-order valence-corrected chi connectivity index (χ1v) is 6.98. The molecule has 2 heterocycles. The summed E-state index contributed by atoms with van der Waals surface area (Å²) in [5, 5.41) is 11.4. The lowest BCUT2D eigenvalue weighted by molar-refractivity contribution is 0.384. The number of halogens is 1. The smallest absolute Gasteiger partial charge is 0.196 e. The maximum atomic E-state index is 6.04. The van der Waals surface area contributed by atoms with E-state index >= 15 is 0 Å². The molecule has 1 saturated carbocycles. The van der Waals surface area contributed by atoms with Crippen LogP contribution in [0.3, 0.4) is 0 Å². The number of nitrogens with zero attached hydrogens (tertiary/aromatic N) is 1. The zero-order valence-electron chi connectivity index (χ0n) is 8.87. The van der Waals surface area contributed by atoms with E-state index in [1.165, 1.54) is 25.7 Å². The van der Waals surface area contributed by atoms with Crippen molar-refractivity contribution >= 4 is 34.6 Å². The van der Waals surface area contributed by atoms with Crippen molar-refractivity contribution in [1.82, 2.24) is 5.32 Å². The summed E-state index contributed by atoms with van der Waals surface area (Å²) < 4.78 is 0. The molecule has 5 heteroatoms. The average Bonchev–Trinajstić information content (AvgIpc) is 2.85. The molecule has 1 aromatic heterocycles. The number of aliphatic imine (C=N–C) groups is 1. The van der Waals surface area contributed by atoms with E-state index in [4.69, 9.17) is 11.6 Å². The lowest BCUT2D eigenvalue weighted by Gasteiger charge is -2.23. The molecule has 3 nitrogen and oxygen atoms in total. The van der Waals surface area contributed by atoms with E-state index in [0.717, 1.165) is 16.7 Å². The number of nitrogens with one attached hydrogen (secondary N) is 2. The Bertz CT molecular complexity index is 415. The number of hydrogen-bond donors (Lipinski definition) is 2. The number of anilines is 1. The van der Waals surface area contributed by atoms with Gasteiger partial charge in [-0.15, -0.1) is 11.3 Å². The second kappa shape index (κ2) is 4.26. The molecule has 0 amide bonds. The van der Waals surface area contributed by atoms with Crippen LogP contribution < -0.4 is 10.6 Å². The van der Waals surface area contributed by atoms with E-state index in [2.05, 4.69) is 15.6 Å². The highest BCUT2D eigenvalue weighted by atomic mass is 35.5. The predicted octanol–water partition coefficient (Wildman–Crippen LogP) is 3.08. The molecule has 2 atom stereocenters. The van der Waals surface area contributed by atoms with Gasteiger partial charge < -0.3 is 10.6 Å². The van der Waals surface area contributed by atoms with Gasteiger partial charge in [-0.2, -0.15) is 0 Å². The van der Waals surface area contributed by atoms with Crippen LogP contribution in [0.25, 0.3) is 0 Å². The SMILES string of the molecule is Clc1cscc1NC1=N[C@@H]2CCCC[C@H]2N1. The first-order chi connectivity index (χ1) is 7.83. The Morgan fingerprint density at radius 2 is 2.25 bits per heavy atom. The van der Waals surface area contributed by atoms with Crippen LogP contribution in [0.5, 0.6) is 0 Å². The molecule has 0 spiro atoms. The molecular formula is C11H14ClN3S. The fourth-order valence-electron chi connectivity index (χ4n) is 2.38. The topological polar surface area (TPSA) is 36.4 Å².